The molecule has 4 amide bonds. The third kappa shape index (κ3) is 9.01. The Morgan fingerprint density at radius 1 is 1.00 bits per heavy atom. The van der Waals surface area contributed by atoms with Gasteiger partial charge in [0.1, 0.15) is 23.4 Å². The first kappa shape index (κ1) is 31.1. The zero-order valence-electron chi connectivity index (χ0n) is 23.8. The monoisotopic (exact) mass is 540 g/mol. The number of methoxy groups -OCH3 is 1. The van der Waals surface area contributed by atoms with Gasteiger partial charge in [-0.05, 0) is 82.0 Å². The lowest BCUT2D eigenvalue weighted by Gasteiger charge is -2.35. The van der Waals surface area contributed by atoms with Crippen molar-refractivity contribution in [3.05, 3.63) is 59.2 Å². The summed E-state index contributed by atoms with van der Waals surface area (Å²) < 4.78 is 10.5. The molecular weight excluding hydrogens is 500 g/mol. The summed E-state index contributed by atoms with van der Waals surface area (Å²) in [5.41, 5.74) is 7.40. The molecule has 0 radical (unpaired) electrons. The average Bonchev–Trinajstić information content (AvgIpc) is 2.83. The van der Waals surface area contributed by atoms with Gasteiger partial charge in [0, 0.05) is 12.2 Å². The van der Waals surface area contributed by atoms with Gasteiger partial charge in [-0.3, -0.25) is 14.4 Å². The highest BCUT2D eigenvalue weighted by Gasteiger charge is 2.37. The summed E-state index contributed by atoms with van der Waals surface area (Å²) in [6.45, 7) is 10.8. The van der Waals surface area contributed by atoms with E-state index in [0.717, 1.165) is 11.1 Å². The van der Waals surface area contributed by atoms with E-state index in [1.54, 1.807) is 52.1 Å². The summed E-state index contributed by atoms with van der Waals surface area (Å²) in [5.74, 6) is -1.23. The van der Waals surface area contributed by atoms with Gasteiger partial charge in [0.05, 0.1) is 13.5 Å². The second-order valence-corrected chi connectivity index (χ2v) is 10.3. The van der Waals surface area contributed by atoms with E-state index >= 15 is 0 Å². The Labute approximate surface area is 230 Å². The van der Waals surface area contributed by atoms with Crippen LogP contribution in [-0.2, 0) is 19.1 Å². The number of nitrogens with one attached hydrogen (secondary N) is 2. The van der Waals surface area contributed by atoms with Crippen LogP contribution in [0.1, 0.15) is 63.3 Å². The van der Waals surface area contributed by atoms with Crippen LogP contribution in [0.15, 0.2) is 42.5 Å². The number of carbonyl (C=O) groups is 4. The number of alkyl carbamates (subject to hydrolysis) is 1. The van der Waals surface area contributed by atoms with Crippen molar-refractivity contribution in [3.8, 4) is 5.75 Å². The lowest BCUT2D eigenvalue weighted by Crippen LogP contribution is -2.53. The van der Waals surface area contributed by atoms with Gasteiger partial charge < -0.3 is 30.7 Å². The predicted octanol–water partition coefficient (Wildman–Crippen LogP) is 4.00. The molecule has 2 unspecified atom stereocenters. The zero-order valence-corrected chi connectivity index (χ0v) is 23.8. The molecule has 0 aliphatic rings. The summed E-state index contributed by atoms with van der Waals surface area (Å²) >= 11 is 0. The van der Waals surface area contributed by atoms with Crippen molar-refractivity contribution < 1.29 is 28.7 Å². The van der Waals surface area contributed by atoms with E-state index in [4.69, 9.17) is 15.2 Å². The van der Waals surface area contributed by atoms with Crippen LogP contribution < -0.4 is 21.1 Å². The van der Waals surface area contributed by atoms with E-state index in [1.807, 2.05) is 39.0 Å². The number of hydrogen-bond donors (Lipinski definition) is 3. The van der Waals surface area contributed by atoms with Crippen molar-refractivity contribution in [3.63, 3.8) is 0 Å². The van der Waals surface area contributed by atoms with Gasteiger partial charge in [0.15, 0.2) is 0 Å². The topological polar surface area (TPSA) is 140 Å². The van der Waals surface area contributed by atoms with Crippen molar-refractivity contribution in [1.29, 1.82) is 0 Å². The number of nitrogens with zero attached hydrogens (tertiary/aromatic N) is 1. The van der Waals surface area contributed by atoms with Gasteiger partial charge >= 0.3 is 6.09 Å². The Morgan fingerprint density at radius 3 is 2.08 bits per heavy atom. The minimum atomic E-state index is -1.33. The van der Waals surface area contributed by atoms with E-state index in [9.17, 15) is 19.2 Å². The number of anilines is 1. The molecule has 4 N–H and O–H groups in total. The molecule has 10 nitrogen and oxygen atoms in total. The number of aryl methyl sites for hydroxylation is 2. The Morgan fingerprint density at radius 2 is 1.59 bits per heavy atom. The van der Waals surface area contributed by atoms with Crippen LogP contribution in [0, 0.1) is 13.8 Å². The Bertz CT molecular complexity index is 1150. The van der Waals surface area contributed by atoms with E-state index < -0.39 is 47.9 Å². The summed E-state index contributed by atoms with van der Waals surface area (Å²) in [6.07, 6.45) is -0.818. The van der Waals surface area contributed by atoms with Crippen LogP contribution in [0.25, 0.3) is 0 Å². The van der Waals surface area contributed by atoms with Crippen molar-refractivity contribution in [2.24, 2.45) is 5.73 Å². The smallest absolute Gasteiger partial charge is 0.408 e. The minimum Gasteiger partial charge on any atom is -0.497 e. The molecule has 0 aliphatic carbocycles. The number of carbonyl (C=O) groups excluding carboxylic acids is 4. The number of amides is 4. The average molecular weight is 541 g/mol. The molecule has 0 bridgehead atoms. The van der Waals surface area contributed by atoms with Gasteiger partial charge in [-0.2, -0.15) is 0 Å². The predicted molar refractivity (Wildman–Crippen MR) is 149 cm³/mol. The molecule has 0 heterocycles. The summed E-state index contributed by atoms with van der Waals surface area (Å²) in [7, 11) is 1.55. The van der Waals surface area contributed by atoms with Crippen molar-refractivity contribution in [1.82, 2.24) is 10.2 Å². The maximum atomic E-state index is 14.0. The second-order valence-electron chi connectivity index (χ2n) is 10.3. The zero-order chi connectivity index (χ0) is 29.3. The van der Waals surface area contributed by atoms with Crippen LogP contribution in [-0.4, -0.2) is 54.0 Å². The number of benzene rings is 2. The first-order valence-electron chi connectivity index (χ1n) is 12.9. The molecule has 212 valence electrons. The summed E-state index contributed by atoms with van der Waals surface area (Å²) in [4.78, 5) is 53.8. The molecule has 2 aromatic rings. The molecule has 0 fully saturated rings. The van der Waals surface area contributed by atoms with Crippen molar-refractivity contribution in [2.45, 2.75) is 72.1 Å². The van der Waals surface area contributed by atoms with Gasteiger partial charge in [-0.15, -0.1) is 0 Å². The molecule has 0 aliphatic heterocycles. The highest BCUT2D eigenvalue weighted by atomic mass is 16.6. The SMILES string of the molecule is CCCN(C(=O)C(CC(N)=O)NC(=O)OC(C)(C)C)C(C(=O)Nc1ccc(OC)cc1)c1c(C)cccc1C. The van der Waals surface area contributed by atoms with Crippen LogP contribution in [0.3, 0.4) is 0 Å². The third-order valence-corrected chi connectivity index (χ3v) is 5.88. The largest absolute Gasteiger partial charge is 0.497 e. The molecule has 39 heavy (non-hydrogen) atoms. The van der Waals surface area contributed by atoms with Crippen LogP contribution in [0.4, 0.5) is 10.5 Å². The summed E-state index contributed by atoms with van der Waals surface area (Å²) in [6, 6.07) is 10.0. The van der Waals surface area contributed by atoms with Crippen molar-refractivity contribution >= 4 is 29.5 Å². The quantitative estimate of drug-likeness (QED) is 0.394. The van der Waals surface area contributed by atoms with E-state index in [-0.39, 0.29) is 6.54 Å². The van der Waals surface area contributed by atoms with Crippen LogP contribution >= 0.6 is 0 Å². The molecule has 0 saturated carbocycles. The number of hydrogen-bond acceptors (Lipinski definition) is 6. The molecule has 2 rings (SSSR count). The number of nitrogens with two attached hydrogens (primary N) is 1. The molecule has 0 saturated heterocycles. The highest BCUT2D eigenvalue weighted by molar-refractivity contribution is 6.00. The van der Waals surface area contributed by atoms with Crippen LogP contribution in [0.5, 0.6) is 5.75 Å². The van der Waals surface area contributed by atoms with Gasteiger partial charge in [0.2, 0.25) is 11.8 Å². The van der Waals surface area contributed by atoms with Gasteiger partial charge in [0.25, 0.3) is 5.91 Å². The fourth-order valence-corrected chi connectivity index (χ4v) is 4.23. The van der Waals surface area contributed by atoms with E-state index in [0.29, 0.717) is 23.4 Å². The molecular formula is C29H40N4O6. The molecule has 10 heteroatoms. The lowest BCUT2D eigenvalue weighted by atomic mass is 9.93. The molecule has 0 spiro atoms. The van der Waals surface area contributed by atoms with E-state index in [2.05, 4.69) is 10.6 Å². The van der Waals surface area contributed by atoms with Gasteiger partial charge in [-0.25, -0.2) is 4.79 Å². The third-order valence-electron chi connectivity index (χ3n) is 5.88. The number of rotatable bonds is 11. The molecule has 2 aromatic carbocycles. The Balaban J connectivity index is 2.56. The Kier molecular flexibility index (Phi) is 10.9. The molecule has 0 aromatic heterocycles. The van der Waals surface area contributed by atoms with E-state index in [1.165, 1.54) is 4.90 Å². The molecule has 2 atom stereocenters. The second kappa shape index (κ2) is 13.6. The Hall–Kier alpha value is -4.08. The first-order chi connectivity index (χ1) is 18.3. The van der Waals surface area contributed by atoms with Crippen molar-refractivity contribution in [2.75, 3.05) is 19.0 Å². The summed E-state index contributed by atoms with van der Waals surface area (Å²) in [5, 5.41) is 5.38. The standard InChI is InChI=1S/C29H40N4O6/c1-8-16-33(27(36)22(17-23(30)34)32-28(37)39-29(4,5)6)25(24-18(2)10-9-11-19(24)3)26(35)31-20-12-14-21(38-7)15-13-20/h9-15,22,25H,8,16-17H2,1-7H3,(H2,30,34)(H,31,35)(H,32,37). The normalized spacial score (nSPS) is 12.6. The lowest BCUT2D eigenvalue weighted by molar-refractivity contribution is -0.141. The maximum Gasteiger partial charge on any atom is 0.408 e. The maximum absolute atomic E-state index is 14.0. The number of primary amides is 1. The van der Waals surface area contributed by atoms with Gasteiger partial charge in [-0.1, -0.05) is 25.1 Å². The number of ether oxygens (including phenoxy) is 2. The van der Waals surface area contributed by atoms with Crippen LogP contribution in [0.2, 0.25) is 0 Å². The highest BCUT2D eigenvalue weighted by Crippen LogP contribution is 2.30. The minimum absolute atomic E-state index is 0.179. The fourth-order valence-electron chi connectivity index (χ4n) is 4.23. The first-order valence-corrected chi connectivity index (χ1v) is 12.9. The fraction of sp³-hybridized carbons (Fsp3) is 0.448.